The normalized spacial score (nSPS) is 25.7. The molecule has 3 rings (SSSR count). The first-order valence-corrected chi connectivity index (χ1v) is 8.77. The molecule has 0 aromatic carbocycles. The Balaban J connectivity index is 1.67. The number of likely N-dealkylation sites (N-methyl/N-ethyl adjacent to an activating group) is 1. The second-order valence-electron chi connectivity index (χ2n) is 6.03. The van der Waals surface area contributed by atoms with E-state index in [0.29, 0.717) is 6.04 Å². The molecule has 0 amide bonds. The van der Waals surface area contributed by atoms with Crippen LogP contribution in [0.3, 0.4) is 0 Å². The van der Waals surface area contributed by atoms with Crippen molar-refractivity contribution in [3.8, 4) is 0 Å². The molecule has 0 bridgehead atoms. The molecule has 2 aliphatic rings. The van der Waals surface area contributed by atoms with Gasteiger partial charge in [-0.15, -0.1) is 11.3 Å². The third-order valence-corrected chi connectivity index (χ3v) is 5.51. The Morgan fingerprint density at radius 1 is 1.37 bits per heavy atom. The number of hydrogen-bond donors (Lipinski definition) is 1. The molecule has 2 nitrogen and oxygen atoms in total. The molecule has 1 aromatic heterocycles. The first-order chi connectivity index (χ1) is 9.38. The van der Waals surface area contributed by atoms with E-state index in [9.17, 15) is 0 Å². The van der Waals surface area contributed by atoms with Gasteiger partial charge in [-0.2, -0.15) is 0 Å². The Morgan fingerprint density at radius 3 is 2.84 bits per heavy atom. The smallest absolute Gasteiger partial charge is 0.0470 e. The summed E-state index contributed by atoms with van der Waals surface area (Å²) in [6.07, 6.45) is 6.98. The Morgan fingerprint density at radius 2 is 2.26 bits per heavy atom. The summed E-state index contributed by atoms with van der Waals surface area (Å²) in [4.78, 5) is 4.31. The van der Waals surface area contributed by atoms with Crippen LogP contribution in [0.2, 0.25) is 0 Å². The Labute approximate surface area is 121 Å². The monoisotopic (exact) mass is 278 g/mol. The van der Waals surface area contributed by atoms with Crippen LogP contribution in [0.25, 0.3) is 0 Å². The number of thiophene rings is 1. The van der Waals surface area contributed by atoms with Crippen molar-refractivity contribution in [2.45, 2.75) is 51.1 Å². The van der Waals surface area contributed by atoms with Crippen molar-refractivity contribution in [3.05, 3.63) is 22.4 Å². The molecular formula is C16H26N2S. The molecular weight excluding hydrogens is 252 g/mol. The van der Waals surface area contributed by atoms with Crippen LogP contribution in [-0.4, -0.2) is 30.6 Å². The van der Waals surface area contributed by atoms with Crippen LogP contribution in [0.4, 0.5) is 0 Å². The lowest BCUT2D eigenvalue weighted by Crippen LogP contribution is -2.45. The average Bonchev–Trinajstić information content (AvgIpc) is 3.13. The topological polar surface area (TPSA) is 15.3 Å². The number of nitrogens with zero attached hydrogens (tertiary/aromatic N) is 1. The van der Waals surface area contributed by atoms with Gasteiger partial charge >= 0.3 is 0 Å². The van der Waals surface area contributed by atoms with Crippen LogP contribution < -0.4 is 5.32 Å². The van der Waals surface area contributed by atoms with Crippen LogP contribution in [0.1, 0.15) is 49.9 Å². The highest BCUT2D eigenvalue weighted by Gasteiger charge is 2.37. The molecule has 1 aliphatic carbocycles. The van der Waals surface area contributed by atoms with Crippen molar-refractivity contribution in [1.29, 1.82) is 0 Å². The number of piperidine rings is 1. The SMILES string of the molecule is CCN(CC1CCCCN1)C(c1cccs1)C1CC1. The first kappa shape index (κ1) is 13.6. The Hall–Kier alpha value is -0.380. The predicted octanol–water partition coefficient (Wildman–Crippen LogP) is 3.66. The van der Waals surface area contributed by atoms with Crippen molar-refractivity contribution in [3.63, 3.8) is 0 Å². The largest absolute Gasteiger partial charge is 0.313 e. The summed E-state index contributed by atoms with van der Waals surface area (Å²) in [5.74, 6) is 0.919. The van der Waals surface area contributed by atoms with Crippen molar-refractivity contribution in [2.75, 3.05) is 19.6 Å². The summed E-state index contributed by atoms with van der Waals surface area (Å²) in [5.41, 5.74) is 0. The summed E-state index contributed by atoms with van der Waals surface area (Å²) in [6, 6.07) is 5.95. The standard InChI is InChI=1S/C16H26N2S/c1-2-18(12-14-6-3-4-10-17-14)16(13-8-9-13)15-7-5-11-19-15/h5,7,11,13-14,16-17H,2-4,6,8-10,12H2,1H3. The van der Waals surface area contributed by atoms with E-state index in [4.69, 9.17) is 0 Å². The number of hydrogen-bond acceptors (Lipinski definition) is 3. The van der Waals surface area contributed by atoms with E-state index in [-0.39, 0.29) is 0 Å². The van der Waals surface area contributed by atoms with Crippen molar-refractivity contribution < 1.29 is 0 Å². The minimum absolute atomic E-state index is 0.689. The predicted molar refractivity (Wildman–Crippen MR) is 82.7 cm³/mol. The zero-order valence-electron chi connectivity index (χ0n) is 12.0. The van der Waals surface area contributed by atoms with Gasteiger partial charge in [-0.1, -0.05) is 19.4 Å². The van der Waals surface area contributed by atoms with E-state index in [0.717, 1.165) is 12.0 Å². The number of nitrogens with one attached hydrogen (secondary N) is 1. The fraction of sp³-hybridized carbons (Fsp3) is 0.750. The maximum atomic E-state index is 3.71. The second-order valence-corrected chi connectivity index (χ2v) is 7.01. The minimum atomic E-state index is 0.689. The molecule has 2 unspecified atom stereocenters. The van der Waals surface area contributed by atoms with Gasteiger partial charge in [-0.25, -0.2) is 0 Å². The molecule has 2 heterocycles. The van der Waals surface area contributed by atoms with Gasteiger partial charge in [-0.3, -0.25) is 4.90 Å². The molecule has 1 aliphatic heterocycles. The van der Waals surface area contributed by atoms with Crippen LogP contribution >= 0.6 is 11.3 Å². The zero-order valence-corrected chi connectivity index (χ0v) is 12.8. The van der Waals surface area contributed by atoms with E-state index >= 15 is 0 Å². The third-order valence-electron chi connectivity index (χ3n) is 4.57. The lowest BCUT2D eigenvalue weighted by Gasteiger charge is -2.35. The maximum Gasteiger partial charge on any atom is 0.0470 e. The fourth-order valence-corrected chi connectivity index (χ4v) is 4.34. The number of rotatable bonds is 6. The van der Waals surface area contributed by atoms with Crippen LogP contribution in [0, 0.1) is 5.92 Å². The zero-order chi connectivity index (χ0) is 13.1. The van der Waals surface area contributed by atoms with Crippen LogP contribution in [0.15, 0.2) is 17.5 Å². The summed E-state index contributed by atoms with van der Waals surface area (Å²) in [7, 11) is 0. The third kappa shape index (κ3) is 3.39. The molecule has 0 radical (unpaired) electrons. The summed E-state index contributed by atoms with van der Waals surface area (Å²) in [6.45, 7) is 5.95. The average molecular weight is 278 g/mol. The molecule has 2 fully saturated rings. The quantitative estimate of drug-likeness (QED) is 0.854. The first-order valence-electron chi connectivity index (χ1n) is 7.89. The van der Waals surface area contributed by atoms with E-state index in [1.807, 2.05) is 11.3 Å². The van der Waals surface area contributed by atoms with Gasteiger partial charge in [0.05, 0.1) is 0 Å². The van der Waals surface area contributed by atoms with Crippen molar-refractivity contribution in [2.24, 2.45) is 5.92 Å². The molecule has 1 aromatic rings. The van der Waals surface area contributed by atoms with Gasteiger partial charge in [0.15, 0.2) is 0 Å². The van der Waals surface area contributed by atoms with Crippen LogP contribution in [0.5, 0.6) is 0 Å². The van der Waals surface area contributed by atoms with Gasteiger partial charge in [0.25, 0.3) is 0 Å². The van der Waals surface area contributed by atoms with Gasteiger partial charge in [0, 0.05) is 23.5 Å². The molecule has 1 N–H and O–H groups in total. The Kier molecular flexibility index (Phi) is 4.57. The molecule has 3 heteroatoms. The van der Waals surface area contributed by atoms with Gasteiger partial charge in [0.2, 0.25) is 0 Å². The van der Waals surface area contributed by atoms with E-state index in [1.165, 1.54) is 51.7 Å². The highest BCUT2D eigenvalue weighted by Crippen LogP contribution is 2.45. The van der Waals surface area contributed by atoms with Gasteiger partial charge in [-0.05, 0) is 56.1 Å². The summed E-state index contributed by atoms with van der Waals surface area (Å²) >= 11 is 1.94. The highest BCUT2D eigenvalue weighted by molar-refractivity contribution is 7.10. The lowest BCUT2D eigenvalue weighted by atomic mass is 10.0. The van der Waals surface area contributed by atoms with Gasteiger partial charge in [0.1, 0.15) is 0 Å². The van der Waals surface area contributed by atoms with Crippen molar-refractivity contribution >= 4 is 11.3 Å². The lowest BCUT2D eigenvalue weighted by molar-refractivity contribution is 0.160. The second kappa shape index (κ2) is 6.38. The highest BCUT2D eigenvalue weighted by atomic mass is 32.1. The molecule has 19 heavy (non-hydrogen) atoms. The summed E-state index contributed by atoms with van der Waals surface area (Å²) in [5, 5.41) is 5.94. The Bertz CT molecular complexity index is 366. The van der Waals surface area contributed by atoms with E-state index < -0.39 is 0 Å². The maximum absolute atomic E-state index is 3.71. The van der Waals surface area contributed by atoms with Crippen LogP contribution in [-0.2, 0) is 0 Å². The van der Waals surface area contributed by atoms with E-state index in [1.54, 1.807) is 4.88 Å². The molecule has 106 valence electrons. The minimum Gasteiger partial charge on any atom is -0.313 e. The van der Waals surface area contributed by atoms with E-state index in [2.05, 4.69) is 34.7 Å². The van der Waals surface area contributed by atoms with Crippen molar-refractivity contribution in [1.82, 2.24) is 10.2 Å². The fourth-order valence-electron chi connectivity index (χ4n) is 3.38. The molecule has 2 atom stereocenters. The van der Waals surface area contributed by atoms with Gasteiger partial charge < -0.3 is 5.32 Å². The molecule has 0 spiro atoms. The molecule has 1 saturated carbocycles. The summed E-state index contributed by atoms with van der Waals surface area (Å²) < 4.78 is 0. The molecule has 1 saturated heterocycles.